The second kappa shape index (κ2) is 5.45. The number of hydrogen-bond donors (Lipinski definition) is 1. The Morgan fingerprint density at radius 2 is 1.80 bits per heavy atom. The quantitative estimate of drug-likeness (QED) is 0.526. The molecule has 2 atom stereocenters. The summed E-state index contributed by atoms with van der Waals surface area (Å²) in [7, 11) is 0. The van der Waals surface area contributed by atoms with E-state index < -0.39 is 0 Å². The number of aliphatic hydroxyl groups excluding tert-OH is 1. The zero-order valence-electron chi connectivity index (χ0n) is 10.7. The third-order valence-corrected chi connectivity index (χ3v) is 3.19. The van der Waals surface area contributed by atoms with Crippen molar-refractivity contribution in [2.75, 3.05) is 6.61 Å². The van der Waals surface area contributed by atoms with Crippen molar-refractivity contribution in [3.8, 4) is 5.75 Å². The van der Waals surface area contributed by atoms with Crippen LogP contribution in [-0.4, -0.2) is 23.8 Å². The van der Waals surface area contributed by atoms with Crippen LogP contribution < -0.4 is 4.74 Å². The van der Waals surface area contributed by atoms with Crippen molar-refractivity contribution >= 4 is 5.97 Å². The first-order valence-electron chi connectivity index (χ1n) is 6.41. The highest BCUT2D eigenvalue weighted by atomic mass is 16.6. The molecule has 0 bridgehead atoms. The van der Waals surface area contributed by atoms with Crippen molar-refractivity contribution < 1.29 is 19.4 Å². The molecule has 0 aliphatic carbocycles. The topological polar surface area (TPSA) is 59.1 Å². The van der Waals surface area contributed by atoms with Gasteiger partial charge in [-0.15, -0.1) is 0 Å². The van der Waals surface area contributed by atoms with Gasteiger partial charge in [0.05, 0.1) is 12.2 Å². The Morgan fingerprint density at radius 3 is 2.40 bits per heavy atom. The molecule has 0 radical (unpaired) electrons. The van der Waals surface area contributed by atoms with Gasteiger partial charge in [0.15, 0.2) is 0 Å². The van der Waals surface area contributed by atoms with Crippen LogP contribution >= 0.6 is 0 Å². The molecule has 2 aromatic rings. The molecule has 0 unspecified atom stereocenters. The molecule has 1 fully saturated rings. The van der Waals surface area contributed by atoms with E-state index in [2.05, 4.69) is 0 Å². The van der Waals surface area contributed by atoms with Crippen LogP contribution in [0.25, 0.3) is 0 Å². The molecule has 0 spiro atoms. The van der Waals surface area contributed by atoms with E-state index in [-0.39, 0.29) is 24.8 Å². The Hall–Kier alpha value is -2.17. The van der Waals surface area contributed by atoms with Crippen LogP contribution in [-0.2, 0) is 4.74 Å². The van der Waals surface area contributed by atoms with Gasteiger partial charge in [-0.2, -0.15) is 0 Å². The molecule has 1 aliphatic rings. The summed E-state index contributed by atoms with van der Waals surface area (Å²) >= 11 is 0. The number of esters is 1. The van der Waals surface area contributed by atoms with E-state index in [9.17, 15) is 4.79 Å². The maximum absolute atomic E-state index is 11.9. The minimum Gasteiger partial charge on any atom is -0.423 e. The maximum Gasteiger partial charge on any atom is 0.343 e. The zero-order valence-corrected chi connectivity index (χ0v) is 10.7. The second-order valence-electron chi connectivity index (χ2n) is 4.60. The van der Waals surface area contributed by atoms with Gasteiger partial charge in [-0.1, -0.05) is 30.3 Å². The van der Waals surface area contributed by atoms with E-state index in [0.717, 1.165) is 5.56 Å². The van der Waals surface area contributed by atoms with Crippen LogP contribution in [0, 0.1) is 0 Å². The Kier molecular flexibility index (Phi) is 3.50. The summed E-state index contributed by atoms with van der Waals surface area (Å²) in [5.74, 6) is 0.109. The number of epoxide rings is 1. The van der Waals surface area contributed by atoms with Crippen molar-refractivity contribution in [2.45, 2.75) is 12.2 Å². The van der Waals surface area contributed by atoms with Crippen LogP contribution in [0.15, 0.2) is 54.6 Å². The lowest BCUT2D eigenvalue weighted by Crippen LogP contribution is -2.08. The Balaban J connectivity index is 1.65. The number of carbonyl (C=O) groups is 1. The molecule has 4 heteroatoms. The minimum absolute atomic E-state index is 0.0232. The Labute approximate surface area is 116 Å². The smallest absolute Gasteiger partial charge is 0.343 e. The fourth-order valence-electron chi connectivity index (χ4n) is 2.04. The highest BCUT2D eigenvalue weighted by Gasteiger charge is 2.39. The van der Waals surface area contributed by atoms with E-state index >= 15 is 0 Å². The van der Waals surface area contributed by atoms with E-state index in [1.165, 1.54) is 0 Å². The normalized spacial score (nSPS) is 20.4. The first-order valence-corrected chi connectivity index (χ1v) is 6.41. The van der Waals surface area contributed by atoms with E-state index in [0.29, 0.717) is 11.3 Å². The van der Waals surface area contributed by atoms with Gasteiger partial charge in [-0.05, 0) is 29.8 Å². The van der Waals surface area contributed by atoms with Crippen LogP contribution in [0.5, 0.6) is 5.75 Å². The molecule has 0 amide bonds. The van der Waals surface area contributed by atoms with Gasteiger partial charge >= 0.3 is 5.97 Å². The predicted octanol–water partition coefficient (Wildman–Crippen LogP) is 2.34. The van der Waals surface area contributed by atoms with Gasteiger partial charge in [0.25, 0.3) is 0 Å². The molecule has 1 N–H and O–H groups in total. The largest absolute Gasteiger partial charge is 0.423 e. The highest BCUT2D eigenvalue weighted by molar-refractivity contribution is 5.90. The molecule has 0 aromatic heterocycles. The average Bonchev–Trinajstić information content (AvgIpc) is 3.28. The molecule has 2 aromatic carbocycles. The Bertz CT molecular complexity index is 592. The fourth-order valence-corrected chi connectivity index (χ4v) is 2.04. The lowest BCUT2D eigenvalue weighted by molar-refractivity contribution is 0.0734. The molecule has 1 heterocycles. The van der Waals surface area contributed by atoms with Crippen molar-refractivity contribution in [1.82, 2.24) is 0 Å². The first-order chi connectivity index (χ1) is 9.78. The third-order valence-electron chi connectivity index (χ3n) is 3.19. The fraction of sp³-hybridized carbons (Fsp3) is 0.188. The lowest BCUT2D eigenvalue weighted by atomic mass is 10.1. The number of carbonyl (C=O) groups excluding carboxylic acids is 1. The van der Waals surface area contributed by atoms with Gasteiger partial charge in [-0.25, -0.2) is 4.79 Å². The van der Waals surface area contributed by atoms with Crippen LogP contribution in [0.3, 0.4) is 0 Å². The van der Waals surface area contributed by atoms with Crippen molar-refractivity contribution in [3.05, 3.63) is 65.7 Å². The number of ether oxygens (including phenoxy) is 2. The molecule has 1 saturated heterocycles. The van der Waals surface area contributed by atoms with Crippen LogP contribution in [0.2, 0.25) is 0 Å². The third kappa shape index (κ3) is 2.71. The number of aliphatic hydroxyl groups is 1. The lowest BCUT2D eigenvalue weighted by Gasteiger charge is -2.04. The van der Waals surface area contributed by atoms with Crippen LogP contribution in [0.1, 0.15) is 22.0 Å². The second-order valence-corrected chi connectivity index (χ2v) is 4.60. The van der Waals surface area contributed by atoms with Gasteiger partial charge < -0.3 is 14.6 Å². The average molecular weight is 270 g/mol. The summed E-state index contributed by atoms with van der Waals surface area (Å²) in [5.41, 5.74) is 1.49. The van der Waals surface area contributed by atoms with E-state index in [4.69, 9.17) is 14.6 Å². The van der Waals surface area contributed by atoms with Gasteiger partial charge in [-0.3, -0.25) is 0 Å². The standard InChI is InChI=1S/C16H14O4/c17-10-14-15(20-14)11-6-8-13(9-7-11)19-16(18)12-4-2-1-3-5-12/h1-9,14-15,17H,10H2/t14-,15-/m0/s1. The summed E-state index contributed by atoms with van der Waals surface area (Å²) in [6, 6.07) is 16.0. The molecule has 4 nitrogen and oxygen atoms in total. The molecule has 1 aliphatic heterocycles. The van der Waals surface area contributed by atoms with Gasteiger partial charge in [0.1, 0.15) is 18.0 Å². The summed E-state index contributed by atoms with van der Waals surface area (Å²) in [5, 5.41) is 8.94. The summed E-state index contributed by atoms with van der Waals surface area (Å²) in [4.78, 5) is 11.9. The van der Waals surface area contributed by atoms with Crippen LogP contribution in [0.4, 0.5) is 0 Å². The molecule has 20 heavy (non-hydrogen) atoms. The summed E-state index contributed by atoms with van der Waals surface area (Å²) in [6.45, 7) is 0.0232. The van der Waals surface area contributed by atoms with Gasteiger partial charge in [0.2, 0.25) is 0 Å². The maximum atomic E-state index is 11.9. The summed E-state index contributed by atoms with van der Waals surface area (Å²) in [6.07, 6.45) is -0.147. The predicted molar refractivity (Wildman–Crippen MR) is 72.5 cm³/mol. The van der Waals surface area contributed by atoms with Gasteiger partial charge in [0, 0.05) is 0 Å². The molecular formula is C16H14O4. The molecule has 0 saturated carbocycles. The monoisotopic (exact) mass is 270 g/mol. The van der Waals surface area contributed by atoms with Crippen molar-refractivity contribution in [1.29, 1.82) is 0 Å². The van der Waals surface area contributed by atoms with Crippen molar-refractivity contribution in [2.24, 2.45) is 0 Å². The molecular weight excluding hydrogens is 256 g/mol. The Morgan fingerprint density at radius 1 is 1.10 bits per heavy atom. The number of hydrogen-bond acceptors (Lipinski definition) is 4. The molecule has 102 valence electrons. The number of benzene rings is 2. The number of rotatable bonds is 4. The van der Waals surface area contributed by atoms with E-state index in [1.54, 1.807) is 36.4 Å². The SMILES string of the molecule is O=C(Oc1ccc([C@@H]2O[C@H]2CO)cc1)c1ccccc1. The zero-order chi connectivity index (χ0) is 13.9. The summed E-state index contributed by atoms with van der Waals surface area (Å²) < 4.78 is 10.6. The highest BCUT2D eigenvalue weighted by Crippen LogP contribution is 2.38. The van der Waals surface area contributed by atoms with Crippen molar-refractivity contribution in [3.63, 3.8) is 0 Å². The minimum atomic E-state index is -0.380. The molecule has 3 rings (SSSR count). The first kappa shape index (κ1) is 12.8. The van der Waals surface area contributed by atoms with E-state index in [1.807, 2.05) is 18.2 Å².